The van der Waals surface area contributed by atoms with E-state index >= 15 is 0 Å². The Morgan fingerprint density at radius 1 is 0.611 bits per heavy atom. The van der Waals surface area contributed by atoms with Crippen molar-refractivity contribution < 1.29 is 70.6 Å². The first-order chi connectivity index (χ1) is 6.93. The van der Waals surface area contributed by atoms with Crippen molar-refractivity contribution in [1.82, 2.24) is 0 Å². The van der Waals surface area contributed by atoms with Gasteiger partial charge in [0.05, 0.1) is 0 Å². The second-order valence-electron chi connectivity index (χ2n) is 2.08. The fourth-order valence-electron chi connectivity index (χ4n) is 0. The van der Waals surface area contributed by atoms with Crippen LogP contribution in [0.3, 0.4) is 0 Å². The molecule has 0 aromatic rings. The van der Waals surface area contributed by atoms with Gasteiger partial charge in [0.15, 0.2) is 0 Å². The van der Waals surface area contributed by atoms with Gasteiger partial charge in [0, 0.05) is 27.7 Å². The number of carbonyl (C=O) groups is 4. The maximum absolute atomic E-state index is 9.00. The molecule has 106 valence electrons. The van der Waals surface area contributed by atoms with Crippen LogP contribution < -0.4 is 29.6 Å². The first kappa shape index (κ1) is 36.0. The van der Waals surface area contributed by atoms with E-state index < -0.39 is 23.9 Å². The van der Waals surface area contributed by atoms with Crippen LogP contribution in [-0.4, -0.2) is 44.3 Å². The molecule has 0 radical (unpaired) electrons. The van der Waals surface area contributed by atoms with Crippen LogP contribution in [0.15, 0.2) is 0 Å². The van der Waals surface area contributed by atoms with Crippen molar-refractivity contribution in [3.8, 4) is 0 Å². The van der Waals surface area contributed by atoms with E-state index in [-0.39, 0.29) is 48.0 Å². The van der Waals surface area contributed by atoms with Gasteiger partial charge in [-0.3, -0.25) is 19.2 Å². The molecule has 0 aliphatic rings. The second-order valence-corrected chi connectivity index (χ2v) is 2.08. The first-order valence-corrected chi connectivity index (χ1v) is 3.71. The zero-order chi connectivity index (χ0) is 14.3. The molecule has 0 unspecified atom stereocenters. The van der Waals surface area contributed by atoms with Crippen LogP contribution in [0.25, 0.3) is 0 Å². The molecule has 0 aromatic heterocycles. The zero-order valence-corrected chi connectivity index (χ0v) is 14.5. The molecule has 18 heavy (non-hydrogen) atoms. The van der Waals surface area contributed by atoms with Crippen LogP contribution >= 0.6 is 17.0 Å². The zero-order valence-electron chi connectivity index (χ0n) is 11.8. The Balaban J connectivity index is -0.0000000192. The summed E-state index contributed by atoms with van der Waals surface area (Å²) in [6, 6.07) is 0. The number of aliphatic carboxylic acids is 4. The molecule has 0 fully saturated rings. The third kappa shape index (κ3) is 7730. The molecule has 0 heterocycles. The van der Waals surface area contributed by atoms with E-state index in [0.29, 0.717) is 0 Å². The van der Waals surface area contributed by atoms with E-state index in [0.717, 1.165) is 27.7 Å². The van der Waals surface area contributed by atoms with Crippen molar-refractivity contribution in [2.24, 2.45) is 0 Å². The Hall–Kier alpha value is -0.640. The predicted molar refractivity (Wildman–Crippen MR) is 64.7 cm³/mol. The largest absolute Gasteiger partial charge is 1.00 e. The van der Waals surface area contributed by atoms with Gasteiger partial charge < -0.3 is 21.9 Å². The van der Waals surface area contributed by atoms with Gasteiger partial charge in [-0.25, -0.2) is 0 Å². The maximum Gasteiger partial charge on any atom is 1.00 e. The molecule has 0 aliphatic heterocycles. The Morgan fingerprint density at radius 3 is 0.611 bits per heavy atom. The molecule has 10 heteroatoms. The molecule has 0 aromatic carbocycles. The monoisotopic (exact) mass is 344 g/mol. The Labute approximate surface area is 139 Å². The first-order valence-electron chi connectivity index (χ1n) is 3.71. The minimum Gasteiger partial charge on any atom is -1.00 e. The van der Waals surface area contributed by atoms with Crippen LogP contribution in [0.1, 0.15) is 29.1 Å². The normalized spacial score (nSPS) is 5.56. The maximum atomic E-state index is 9.00. The summed E-state index contributed by atoms with van der Waals surface area (Å²) in [6.45, 7) is 4.33. The van der Waals surface area contributed by atoms with E-state index in [1.54, 1.807) is 0 Å². The van der Waals surface area contributed by atoms with Gasteiger partial charge in [-0.2, -0.15) is 0 Å². The van der Waals surface area contributed by atoms with Gasteiger partial charge >= 0.3 is 29.6 Å². The van der Waals surface area contributed by atoms with Crippen LogP contribution in [0.2, 0.25) is 0 Å². The summed E-state index contributed by atoms with van der Waals surface area (Å²) in [4.78, 5) is 36.0. The molecule has 0 saturated carbocycles. The minimum absolute atomic E-state index is 0. The van der Waals surface area contributed by atoms with Crippen molar-refractivity contribution in [2.45, 2.75) is 27.7 Å². The average Bonchev–Trinajstić information content (AvgIpc) is 1.76. The summed E-state index contributed by atoms with van der Waals surface area (Å²) < 4.78 is 0. The van der Waals surface area contributed by atoms with Gasteiger partial charge in [0.25, 0.3) is 23.9 Å². The van der Waals surface area contributed by atoms with Crippen molar-refractivity contribution >= 4 is 40.9 Å². The van der Waals surface area contributed by atoms with E-state index in [9.17, 15) is 0 Å². The van der Waals surface area contributed by atoms with E-state index in [1.165, 1.54) is 0 Å². The summed E-state index contributed by atoms with van der Waals surface area (Å²) >= 11 is 0. The molecular weight excluding hydrogens is 327 g/mol. The Morgan fingerprint density at radius 2 is 0.611 bits per heavy atom. The van der Waals surface area contributed by atoms with Gasteiger partial charge in [0.1, 0.15) is 0 Å². The predicted octanol–water partition coefficient (Wildman–Crippen LogP) is -1.94. The molecule has 0 atom stereocenters. The quantitative estimate of drug-likeness (QED) is 0.370. The van der Waals surface area contributed by atoms with Crippen molar-refractivity contribution in [1.29, 1.82) is 0 Å². The van der Waals surface area contributed by atoms with Crippen molar-refractivity contribution in [3.05, 3.63) is 0 Å². The van der Waals surface area contributed by atoms with E-state index in [2.05, 4.69) is 0 Å². The topological polar surface area (TPSA) is 149 Å². The number of hydrogen-bond donors (Lipinski definition) is 4. The molecule has 4 N–H and O–H groups in total. The molecule has 0 rings (SSSR count). The average molecular weight is 345 g/mol. The fourth-order valence-corrected chi connectivity index (χ4v) is 0. The minimum atomic E-state index is -0.833. The smallest absolute Gasteiger partial charge is 1.00 e. The molecule has 0 amide bonds. The third-order valence-corrected chi connectivity index (χ3v) is 0. The van der Waals surface area contributed by atoms with Crippen molar-refractivity contribution in [2.75, 3.05) is 0 Å². The SMILES string of the molecule is Br.CC(=O)O.CC(=O)O.CC(=O)O.CC(=O)O.[H-].[Na+]. The van der Waals surface area contributed by atoms with Gasteiger partial charge in [-0.15, -0.1) is 17.0 Å². The van der Waals surface area contributed by atoms with Crippen LogP contribution in [0.5, 0.6) is 0 Å². The van der Waals surface area contributed by atoms with Crippen LogP contribution in [-0.2, 0) is 19.2 Å². The number of hydrogen-bond acceptors (Lipinski definition) is 4. The summed E-state index contributed by atoms with van der Waals surface area (Å²) in [5, 5.41) is 29.7. The number of halogens is 1. The number of carboxylic acid groups (broad SMARTS) is 4. The molecule has 8 nitrogen and oxygen atoms in total. The standard InChI is InChI=1S/4C2H4O2.BrH.Na.H/c4*1-2(3)4;;;/h4*1H3,(H,3,4);1H;;/q;;;;;+1;-1. The second kappa shape index (κ2) is 29.9. The molecule has 0 bridgehead atoms. The van der Waals surface area contributed by atoms with Gasteiger partial charge in [-0.1, -0.05) is 0 Å². The van der Waals surface area contributed by atoms with E-state index in [4.69, 9.17) is 39.6 Å². The Bertz CT molecular complexity index is 173. The fraction of sp³-hybridized carbons (Fsp3) is 0.500. The molecular formula is C8H18BrNaO8. The Kier molecular flexibility index (Phi) is 59.8. The van der Waals surface area contributed by atoms with Gasteiger partial charge in [0.2, 0.25) is 0 Å². The van der Waals surface area contributed by atoms with Gasteiger partial charge in [-0.05, 0) is 0 Å². The summed E-state index contributed by atoms with van der Waals surface area (Å²) in [5.41, 5.74) is 0. The summed E-state index contributed by atoms with van der Waals surface area (Å²) in [7, 11) is 0. The number of rotatable bonds is 0. The van der Waals surface area contributed by atoms with Crippen LogP contribution in [0.4, 0.5) is 0 Å². The number of carboxylic acids is 4. The molecule has 0 saturated heterocycles. The summed E-state index contributed by atoms with van der Waals surface area (Å²) in [5.74, 6) is -3.33. The van der Waals surface area contributed by atoms with Crippen LogP contribution in [0, 0.1) is 0 Å². The third-order valence-electron chi connectivity index (χ3n) is 0. The van der Waals surface area contributed by atoms with E-state index in [1.807, 2.05) is 0 Å². The summed E-state index contributed by atoms with van der Waals surface area (Å²) in [6.07, 6.45) is 0. The molecule has 0 aliphatic carbocycles. The van der Waals surface area contributed by atoms with Crippen molar-refractivity contribution in [3.63, 3.8) is 0 Å². The molecule has 0 spiro atoms.